The second-order valence-electron chi connectivity index (χ2n) is 8.92. The Labute approximate surface area is 231 Å². The zero-order chi connectivity index (χ0) is 28.6. The minimum Gasteiger partial charge on any atom is -0.493 e. The standard InChI is InChI=1S/C30H29N3O7/c1-4-13-39-25-12-11-22(17-26(25)38-3)33-29(36)24(28(35)32-30(33)37)16-20-8-6-10-23(15-20)40-18-27(34)31-21-9-5-7-19(2)14-21/h5-12,14-17H,4,13,18H2,1-3H3,(H,31,34)(H,32,35,37)/b24-16-. The highest BCUT2D eigenvalue weighted by molar-refractivity contribution is 6.39. The number of aryl methyl sites for hydroxylation is 1. The van der Waals surface area contributed by atoms with Crippen molar-refractivity contribution < 1.29 is 33.4 Å². The van der Waals surface area contributed by atoms with Gasteiger partial charge in [0.1, 0.15) is 11.3 Å². The molecule has 0 unspecified atom stereocenters. The Bertz CT molecular complexity index is 1480. The fraction of sp³-hybridized carbons (Fsp3) is 0.200. The molecule has 3 aromatic carbocycles. The van der Waals surface area contributed by atoms with Crippen LogP contribution in [0.3, 0.4) is 0 Å². The monoisotopic (exact) mass is 543 g/mol. The van der Waals surface area contributed by atoms with E-state index in [9.17, 15) is 19.2 Å². The average molecular weight is 544 g/mol. The van der Waals surface area contributed by atoms with Gasteiger partial charge in [-0.25, -0.2) is 9.69 Å². The van der Waals surface area contributed by atoms with Gasteiger partial charge in [-0.15, -0.1) is 0 Å². The molecule has 0 bridgehead atoms. The molecule has 1 fully saturated rings. The number of ether oxygens (including phenoxy) is 3. The fourth-order valence-electron chi connectivity index (χ4n) is 3.95. The van der Waals surface area contributed by atoms with Gasteiger partial charge in [0.2, 0.25) is 0 Å². The molecule has 1 heterocycles. The van der Waals surface area contributed by atoms with Crippen molar-refractivity contribution in [2.75, 3.05) is 30.5 Å². The summed E-state index contributed by atoms with van der Waals surface area (Å²) in [5.74, 6) is -0.809. The summed E-state index contributed by atoms with van der Waals surface area (Å²) in [6, 6.07) is 17.7. The number of anilines is 2. The van der Waals surface area contributed by atoms with Crippen LogP contribution in [0, 0.1) is 6.92 Å². The smallest absolute Gasteiger partial charge is 0.335 e. The molecule has 40 heavy (non-hydrogen) atoms. The number of hydrogen-bond acceptors (Lipinski definition) is 7. The second kappa shape index (κ2) is 12.6. The molecule has 1 saturated heterocycles. The molecule has 2 N–H and O–H groups in total. The highest BCUT2D eigenvalue weighted by Gasteiger charge is 2.37. The van der Waals surface area contributed by atoms with Crippen molar-refractivity contribution in [2.45, 2.75) is 20.3 Å². The van der Waals surface area contributed by atoms with Crippen LogP contribution in [-0.4, -0.2) is 44.1 Å². The average Bonchev–Trinajstić information content (AvgIpc) is 2.93. The van der Waals surface area contributed by atoms with Crippen molar-refractivity contribution in [3.63, 3.8) is 0 Å². The molecule has 4 rings (SSSR count). The lowest BCUT2D eigenvalue weighted by molar-refractivity contribution is -0.122. The van der Waals surface area contributed by atoms with Crippen LogP contribution in [0.2, 0.25) is 0 Å². The Kier molecular flexibility index (Phi) is 8.80. The van der Waals surface area contributed by atoms with Gasteiger partial charge >= 0.3 is 6.03 Å². The lowest BCUT2D eigenvalue weighted by atomic mass is 10.1. The lowest BCUT2D eigenvalue weighted by Crippen LogP contribution is -2.54. The summed E-state index contributed by atoms with van der Waals surface area (Å²) >= 11 is 0. The van der Waals surface area contributed by atoms with Crippen molar-refractivity contribution >= 4 is 41.2 Å². The first-order chi connectivity index (χ1) is 19.3. The van der Waals surface area contributed by atoms with E-state index >= 15 is 0 Å². The molecule has 0 aliphatic carbocycles. The zero-order valence-electron chi connectivity index (χ0n) is 22.4. The topological polar surface area (TPSA) is 123 Å². The molecular weight excluding hydrogens is 514 g/mol. The second-order valence-corrected chi connectivity index (χ2v) is 8.92. The third-order valence-corrected chi connectivity index (χ3v) is 5.81. The van der Waals surface area contributed by atoms with Crippen molar-refractivity contribution in [3.8, 4) is 17.2 Å². The number of nitrogens with zero attached hydrogens (tertiary/aromatic N) is 1. The molecule has 0 aromatic heterocycles. The quantitative estimate of drug-likeness (QED) is 0.286. The highest BCUT2D eigenvalue weighted by atomic mass is 16.5. The molecule has 5 amide bonds. The Morgan fingerprint density at radius 2 is 1.77 bits per heavy atom. The highest BCUT2D eigenvalue weighted by Crippen LogP contribution is 2.33. The fourth-order valence-corrected chi connectivity index (χ4v) is 3.95. The van der Waals surface area contributed by atoms with Crippen LogP contribution in [0.1, 0.15) is 24.5 Å². The summed E-state index contributed by atoms with van der Waals surface area (Å²) in [4.78, 5) is 51.7. The van der Waals surface area contributed by atoms with Gasteiger partial charge in [0.05, 0.1) is 19.4 Å². The molecule has 1 aliphatic rings. The van der Waals surface area contributed by atoms with Gasteiger partial charge in [0.25, 0.3) is 17.7 Å². The van der Waals surface area contributed by atoms with Crippen molar-refractivity contribution in [1.29, 1.82) is 0 Å². The van der Waals surface area contributed by atoms with Gasteiger partial charge < -0.3 is 19.5 Å². The molecule has 10 heteroatoms. The molecular formula is C30H29N3O7. The maximum atomic E-state index is 13.3. The van der Waals surface area contributed by atoms with Crippen molar-refractivity contribution in [1.82, 2.24) is 5.32 Å². The number of amides is 5. The number of rotatable bonds is 10. The Hall–Kier alpha value is -5.12. The first-order valence-corrected chi connectivity index (χ1v) is 12.6. The summed E-state index contributed by atoms with van der Waals surface area (Å²) in [7, 11) is 1.45. The third-order valence-electron chi connectivity index (χ3n) is 5.81. The van der Waals surface area contributed by atoms with Crippen LogP contribution < -0.4 is 29.7 Å². The molecule has 0 atom stereocenters. The molecule has 0 spiro atoms. The third kappa shape index (κ3) is 6.65. The Balaban J connectivity index is 1.50. The summed E-state index contributed by atoms with van der Waals surface area (Å²) in [6.45, 7) is 4.12. The predicted molar refractivity (Wildman–Crippen MR) is 150 cm³/mol. The van der Waals surface area contributed by atoms with Crippen LogP contribution in [0.25, 0.3) is 6.08 Å². The first-order valence-electron chi connectivity index (χ1n) is 12.6. The molecule has 0 radical (unpaired) electrons. The maximum absolute atomic E-state index is 13.3. The number of carbonyl (C=O) groups is 4. The number of methoxy groups -OCH3 is 1. The largest absolute Gasteiger partial charge is 0.493 e. The van der Waals surface area contributed by atoms with E-state index in [1.54, 1.807) is 36.4 Å². The molecule has 206 valence electrons. The number of hydrogen-bond donors (Lipinski definition) is 2. The SMILES string of the molecule is CCCOc1ccc(N2C(=O)NC(=O)/C(=C/c3cccc(OCC(=O)Nc4cccc(C)c4)c3)C2=O)cc1OC. The van der Waals surface area contributed by atoms with E-state index < -0.39 is 17.8 Å². The van der Waals surface area contributed by atoms with E-state index in [-0.39, 0.29) is 23.8 Å². The predicted octanol–water partition coefficient (Wildman–Crippen LogP) is 4.48. The van der Waals surface area contributed by atoms with Gasteiger partial charge in [-0.05, 0) is 66.9 Å². The molecule has 1 aliphatic heterocycles. The number of imide groups is 2. The van der Waals surface area contributed by atoms with E-state index in [4.69, 9.17) is 14.2 Å². The molecule has 10 nitrogen and oxygen atoms in total. The van der Waals surface area contributed by atoms with Crippen LogP contribution >= 0.6 is 0 Å². The van der Waals surface area contributed by atoms with E-state index in [2.05, 4.69) is 10.6 Å². The van der Waals surface area contributed by atoms with Crippen molar-refractivity contribution in [2.24, 2.45) is 0 Å². The summed E-state index contributed by atoms with van der Waals surface area (Å²) in [6.07, 6.45) is 2.15. The first kappa shape index (κ1) is 27.9. The molecule has 0 saturated carbocycles. The summed E-state index contributed by atoms with van der Waals surface area (Å²) in [5.41, 5.74) is 2.09. The van der Waals surface area contributed by atoms with Gasteiger partial charge in [0.15, 0.2) is 18.1 Å². The Morgan fingerprint density at radius 3 is 2.52 bits per heavy atom. The number of nitrogens with one attached hydrogen (secondary N) is 2. The maximum Gasteiger partial charge on any atom is 0.335 e. The zero-order valence-corrected chi connectivity index (χ0v) is 22.4. The van der Waals surface area contributed by atoms with E-state index in [1.165, 1.54) is 25.3 Å². The minimum atomic E-state index is -0.881. The summed E-state index contributed by atoms with van der Waals surface area (Å²) < 4.78 is 16.6. The van der Waals surface area contributed by atoms with E-state index in [0.717, 1.165) is 16.9 Å². The van der Waals surface area contributed by atoms with Gasteiger partial charge in [-0.3, -0.25) is 19.7 Å². The van der Waals surface area contributed by atoms with Crippen molar-refractivity contribution in [3.05, 3.63) is 83.4 Å². The van der Waals surface area contributed by atoms with Crippen LogP contribution in [0.4, 0.5) is 16.2 Å². The minimum absolute atomic E-state index is 0.207. The van der Waals surface area contributed by atoms with E-state index in [1.807, 2.05) is 32.0 Å². The van der Waals surface area contributed by atoms with Gasteiger partial charge in [-0.2, -0.15) is 0 Å². The molecule has 3 aromatic rings. The number of barbiturate groups is 1. The number of urea groups is 1. The Morgan fingerprint density at radius 1 is 0.975 bits per heavy atom. The number of carbonyl (C=O) groups excluding carboxylic acids is 4. The van der Waals surface area contributed by atoms with E-state index in [0.29, 0.717) is 35.1 Å². The van der Waals surface area contributed by atoms with Crippen LogP contribution in [0.5, 0.6) is 17.2 Å². The van der Waals surface area contributed by atoms with Gasteiger partial charge in [0, 0.05) is 11.8 Å². The number of benzene rings is 3. The van der Waals surface area contributed by atoms with Crippen LogP contribution in [-0.2, 0) is 14.4 Å². The normalized spacial score (nSPS) is 14.1. The summed E-state index contributed by atoms with van der Waals surface area (Å²) in [5, 5.41) is 4.96. The van der Waals surface area contributed by atoms with Gasteiger partial charge in [-0.1, -0.05) is 31.2 Å². The lowest BCUT2D eigenvalue weighted by Gasteiger charge is -2.27. The van der Waals surface area contributed by atoms with Crippen LogP contribution in [0.15, 0.2) is 72.3 Å².